The molecule has 1 aromatic rings. The van der Waals surface area contributed by atoms with Crippen LogP contribution >= 0.6 is 11.8 Å². The van der Waals surface area contributed by atoms with Crippen molar-refractivity contribution in [3.8, 4) is 0 Å². The van der Waals surface area contributed by atoms with Gasteiger partial charge in [-0.05, 0) is 43.2 Å². The molecule has 5 nitrogen and oxygen atoms in total. The molecule has 0 spiro atoms. The lowest BCUT2D eigenvalue weighted by Crippen LogP contribution is -2.33. The third-order valence-corrected chi connectivity index (χ3v) is 4.39. The Morgan fingerprint density at radius 2 is 2.29 bits per heavy atom. The molecule has 0 bridgehead atoms. The molecular formula is C15H20N2O3S. The Hall–Kier alpha value is -1.69. The lowest BCUT2D eigenvalue weighted by Gasteiger charge is -2.17. The maximum Gasteiger partial charge on any atom is 0.321 e. The van der Waals surface area contributed by atoms with Crippen LogP contribution in [-0.4, -0.2) is 41.4 Å². The van der Waals surface area contributed by atoms with E-state index in [0.29, 0.717) is 25.4 Å². The first-order valence-corrected chi connectivity index (χ1v) is 8.22. The minimum absolute atomic E-state index is 0.105. The Morgan fingerprint density at radius 3 is 3.00 bits per heavy atom. The molecular weight excluding hydrogens is 288 g/mol. The number of carboxylic acid groups (broad SMARTS) is 1. The van der Waals surface area contributed by atoms with Gasteiger partial charge >= 0.3 is 12.0 Å². The van der Waals surface area contributed by atoms with E-state index in [9.17, 15) is 9.59 Å². The molecule has 1 heterocycles. The first-order chi connectivity index (χ1) is 10.1. The Labute approximate surface area is 128 Å². The minimum atomic E-state index is -0.771. The van der Waals surface area contributed by atoms with Crippen LogP contribution in [-0.2, 0) is 4.79 Å². The summed E-state index contributed by atoms with van der Waals surface area (Å²) in [5.74, 6) is -0.476. The number of aliphatic carboxylic acids is 1. The maximum atomic E-state index is 12.2. The van der Waals surface area contributed by atoms with Gasteiger partial charge in [-0.25, -0.2) is 4.79 Å². The van der Waals surface area contributed by atoms with E-state index in [0.717, 1.165) is 17.0 Å². The highest BCUT2D eigenvalue weighted by molar-refractivity contribution is 7.98. The number of carboxylic acids is 1. The molecule has 0 saturated carbocycles. The van der Waals surface area contributed by atoms with E-state index in [1.165, 1.54) is 0 Å². The van der Waals surface area contributed by atoms with Crippen molar-refractivity contribution in [2.45, 2.75) is 24.2 Å². The lowest BCUT2D eigenvalue weighted by atomic mass is 10.0. The second-order valence-corrected chi connectivity index (χ2v) is 6.07. The minimum Gasteiger partial charge on any atom is -0.481 e. The topological polar surface area (TPSA) is 69.6 Å². The summed E-state index contributed by atoms with van der Waals surface area (Å²) in [6.45, 7) is 1.33. The first kappa shape index (κ1) is 15.7. The molecule has 6 heteroatoms. The van der Waals surface area contributed by atoms with Crippen LogP contribution in [0, 0.1) is 5.92 Å². The van der Waals surface area contributed by atoms with Gasteiger partial charge in [-0.15, -0.1) is 11.8 Å². The number of anilines is 1. The van der Waals surface area contributed by atoms with Gasteiger partial charge in [-0.3, -0.25) is 4.79 Å². The summed E-state index contributed by atoms with van der Waals surface area (Å²) in [4.78, 5) is 25.6. The Morgan fingerprint density at radius 1 is 1.48 bits per heavy atom. The van der Waals surface area contributed by atoms with Crippen LogP contribution in [0.1, 0.15) is 19.3 Å². The molecule has 1 aliphatic heterocycles. The number of nitrogens with zero attached hydrogens (tertiary/aromatic N) is 1. The summed E-state index contributed by atoms with van der Waals surface area (Å²) in [5.41, 5.74) is 0.792. The predicted octanol–water partition coefficient (Wildman–Crippen LogP) is 3.13. The molecule has 114 valence electrons. The predicted molar refractivity (Wildman–Crippen MR) is 83.8 cm³/mol. The van der Waals surface area contributed by atoms with Gasteiger partial charge in [0.05, 0.1) is 0 Å². The fraction of sp³-hybridized carbons (Fsp3) is 0.467. The molecule has 1 aliphatic rings. The Bertz CT molecular complexity index is 521. The maximum absolute atomic E-state index is 12.2. The van der Waals surface area contributed by atoms with Gasteiger partial charge in [0, 0.05) is 30.1 Å². The van der Waals surface area contributed by atoms with Crippen LogP contribution in [0.25, 0.3) is 0 Å². The number of nitrogens with one attached hydrogen (secondary N) is 1. The fourth-order valence-corrected chi connectivity index (χ4v) is 2.94. The zero-order valence-electron chi connectivity index (χ0n) is 12.0. The molecule has 1 unspecified atom stereocenters. The van der Waals surface area contributed by atoms with Crippen molar-refractivity contribution < 1.29 is 14.7 Å². The molecule has 0 radical (unpaired) electrons. The lowest BCUT2D eigenvalue weighted by molar-refractivity contribution is -0.137. The number of urea groups is 1. The molecule has 2 rings (SSSR count). The van der Waals surface area contributed by atoms with E-state index in [1.807, 2.05) is 30.5 Å². The van der Waals surface area contributed by atoms with Crippen molar-refractivity contribution in [1.82, 2.24) is 4.90 Å². The van der Waals surface area contributed by atoms with Gasteiger partial charge in [0.25, 0.3) is 0 Å². The van der Waals surface area contributed by atoms with Crippen molar-refractivity contribution in [2.75, 3.05) is 24.7 Å². The van der Waals surface area contributed by atoms with Gasteiger partial charge in [0.15, 0.2) is 0 Å². The van der Waals surface area contributed by atoms with E-state index in [2.05, 4.69) is 5.32 Å². The van der Waals surface area contributed by atoms with E-state index < -0.39 is 5.97 Å². The molecule has 0 aliphatic carbocycles. The van der Waals surface area contributed by atoms with E-state index in [4.69, 9.17) is 5.11 Å². The summed E-state index contributed by atoms with van der Waals surface area (Å²) in [5, 5.41) is 11.6. The highest BCUT2D eigenvalue weighted by atomic mass is 32.2. The highest BCUT2D eigenvalue weighted by Gasteiger charge is 2.26. The van der Waals surface area contributed by atoms with Crippen molar-refractivity contribution >= 4 is 29.4 Å². The molecule has 2 N–H and O–H groups in total. The second-order valence-electron chi connectivity index (χ2n) is 5.20. The molecule has 1 fully saturated rings. The first-order valence-electron chi connectivity index (χ1n) is 7.00. The average molecular weight is 308 g/mol. The van der Waals surface area contributed by atoms with Crippen molar-refractivity contribution in [3.63, 3.8) is 0 Å². The molecule has 1 saturated heterocycles. The average Bonchev–Trinajstić information content (AvgIpc) is 2.94. The Balaban J connectivity index is 1.85. The smallest absolute Gasteiger partial charge is 0.321 e. The number of thioether (sulfide) groups is 1. The number of hydrogen-bond donors (Lipinski definition) is 2. The van der Waals surface area contributed by atoms with E-state index in [-0.39, 0.29) is 12.5 Å². The summed E-state index contributed by atoms with van der Waals surface area (Å²) < 4.78 is 0. The highest BCUT2D eigenvalue weighted by Crippen LogP contribution is 2.23. The second kappa shape index (κ2) is 7.36. The largest absolute Gasteiger partial charge is 0.481 e. The number of carbonyl (C=O) groups is 2. The number of likely N-dealkylation sites (tertiary alicyclic amines) is 1. The van der Waals surface area contributed by atoms with Crippen LogP contribution in [0.5, 0.6) is 0 Å². The van der Waals surface area contributed by atoms with Gasteiger partial charge in [-0.2, -0.15) is 0 Å². The summed E-state index contributed by atoms with van der Waals surface area (Å²) in [6.07, 6.45) is 3.69. The normalized spacial score (nSPS) is 17.8. The number of rotatable bonds is 5. The van der Waals surface area contributed by atoms with Crippen LogP contribution in [0.4, 0.5) is 10.5 Å². The van der Waals surface area contributed by atoms with Crippen LogP contribution in [0.3, 0.4) is 0 Å². The summed E-state index contributed by atoms with van der Waals surface area (Å²) in [7, 11) is 0. The zero-order chi connectivity index (χ0) is 15.2. The molecule has 21 heavy (non-hydrogen) atoms. The number of hydrogen-bond acceptors (Lipinski definition) is 3. The van der Waals surface area contributed by atoms with E-state index >= 15 is 0 Å². The molecule has 1 atom stereocenters. The van der Waals surface area contributed by atoms with Crippen LogP contribution < -0.4 is 5.32 Å². The Kier molecular flexibility index (Phi) is 5.50. The fourth-order valence-electron chi connectivity index (χ4n) is 2.48. The van der Waals surface area contributed by atoms with Crippen molar-refractivity contribution in [2.24, 2.45) is 5.92 Å². The number of benzene rings is 1. The van der Waals surface area contributed by atoms with Gasteiger partial charge in [-0.1, -0.05) is 6.07 Å². The third kappa shape index (κ3) is 4.67. The van der Waals surface area contributed by atoms with Crippen LogP contribution in [0.15, 0.2) is 29.2 Å². The van der Waals surface area contributed by atoms with Gasteiger partial charge in [0.1, 0.15) is 0 Å². The third-order valence-electron chi connectivity index (χ3n) is 3.66. The number of amides is 2. The zero-order valence-corrected chi connectivity index (χ0v) is 12.9. The summed E-state index contributed by atoms with van der Waals surface area (Å²) >= 11 is 1.63. The monoisotopic (exact) mass is 308 g/mol. The summed E-state index contributed by atoms with van der Waals surface area (Å²) in [6, 6.07) is 7.63. The van der Waals surface area contributed by atoms with Gasteiger partial charge in [0.2, 0.25) is 0 Å². The quantitative estimate of drug-likeness (QED) is 0.820. The van der Waals surface area contributed by atoms with Gasteiger partial charge < -0.3 is 15.3 Å². The molecule has 2 amide bonds. The van der Waals surface area contributed by atoms with Crippen molar-refractivity contribution in [1.29, 1.82) is 0 Å². The molecule has 1 aromatic carbocycles. The van der Waals surface area contributed by atoms with Crippen LogP contribution in [0.2, 0.25) is 0 Å². The van der Waals surface area contributed by atoms with E-state index in [1.54, 1.807) is 16.7 Å². The number of carbonyl (C=O) groups excluding carboxylic acids is 1. The van der Waals surface area contributed by atoms with Crippen molar-refractivity contribution in [3.05, 3.63) is 24.3 Å². The standard InChI is InChI=1S/C15H20N2O3S/c1-21-13-4-2-3-12(9-13)16-15(20)17-8-7-11(10-17)5-6-14(18)19/h2-4,9,11H,5-8,10H2,1H3,(H,16,20)(H,18,19). The SMILES string of the molecule is CSc1cccc(NC(=O)N2CCC(CCC(=O)O)C2)c1. The molecule has 0 aromatic heterocycles.